The van der Waals surface area contributed by atoms with Gasteiger partial charge in [-0.05, 0) is 19.4 Å². The smallest absolute Gasteiger partial charge is 0.336 e. The third-order valence-corrected chi connectivity index (χ3v) is 3.51. The number of urea groups is 1. The van der Waals surface area contributed by atoms with E-state index < -0.39 is 24.1 Å². The van der Waals surface area contributed by atoms with Crippen molar-refractivity contribution in [1.82, 2.24) is 10.4 Å². The highest BCUT2D eigenvalue weighted by Crippen LogP contribution is 2.39. The lowest BCUT2D eigenvalue weighted by Crippen LogP contribution is -2.48. The Morgan fingerprint density at radius 3 is 2.55 bits per heavy atom. The zero-order chi connectivity index (χ0) is 16.3. The van der Waals surface area contributed by atoms with Crippen LogP contribution < -0.4 is 11.2 Å². The highest BCUT2D eigenvalue weighted by molar-refractivity contribution is 5.92. The molecule has 2 atom stereocenters. The van der Waals surface area contributed by atoms with Gasteiger partial charge in [0.1, 0.15) is 0 Å². The minimum Gasteiger partial charge on any atom is -0.463 e. The second-order valence-electron chi connectivity index (χ2n) is 4.87. The van der Waals surface area contributed by atoms with E-state index in [2.05, 4.69) is 5.43 Å². The number of nitrogens with two attached hydrogens (primary N) is 1. The second-order valence-corrected chi connectivity index (χ2v) is 4.87. The third-order valence-electron chi connectivity index (χ3n) is 3.51. The molecule has 1 aliphatic rings. The molecule has 4 N–H and O–H groups in total. The fourth-order valence-corrected chi connectivity index (χ4v) is 2.60. The molecular formula is C15H19N3O4. The van der Waals surface area contributed by atoms with E-state index in [4.69, 9.17) is 10.5 Å². The maximum absolute atomic E-state index is 12.3. The van der Waals surface area contributed by atoms with Crippen molar-refractivity contribution in [1.29, 1.82) is 0 Å². The van der Waals surface area contributed by atoms with Gasteiger partial charge in [0, 0.05) is 5.70 Å². The predicted octanol–water partition coefficient (Wildman–Crippen LogP) is 0.825. The van der Waals surface area contributed by atoms with Gasteiger partial charge in [-0.3, -0.25) is 5.01 Å². The number of amides is 2. The first-order valence-corrected chi connectivity index (χ1v) is 6.93. The first kappa shape index (κ1) is 15.8. The number of aliphatic hydroxyl groups is 1. The fraction of sp³-hybridized carbons (Fsp3) is 0.333. The van der Waals surface area contributed by atoms with Crippen molar-refractivity contribution in [3.05, 3.63) is 47.2 Å². The number of carbonyl (C=O) groups is 2. The average Bonchev–Trinajstić information content (AvgIpc) is 2.72. The van der Waals surface area contributed by atoms with Gasteiger partial charge in [-0.1, -0.05) is 30.3 Å². The SMILES string of the molecule is CCOC(=O)C1=C(C)N(NC(N)=O)[C@@H](O)[C@@H]1c1ccccc1. The second kappa shape index (κ2) is 6.48. The lowest BCUT2D eigenvalue weighted by Gasteiger charge is -2.26. The molecule has 7 nitrogen and oxygen atoms in total. The van der Waals surface area contributed by atoms with Gasteiger partial charge >= 0.3 is 12.0 Å². The number of hydrogen-bond donors (Lipinski definition) is 3. The fourth-order valence-electron chi connectivity index (χ4n) is 2.60. The molecule has 2 amide bonds. The van der Waals surface area contributed by atoms with Gasteiger partial charge in [0.05, 0.1) is 18.1 Å². The number of nitrogens with one attached hydrogen (secondary N) is 1. The van der Waals surface area contributed by atoms with Crippen LogP contribution in [0.4, 0.5) is 4.79 Å². The van der Waals surface area contributed by atoms with Crippen molar-refractivity contribution in [2.45, 2.75) is 26.0 Å². The summed E-state index contributed by atoms with van der Waals surface area (Å²) in [6.45, 7) is 3.54. The van der Waals surface area contributed by atoms with Crippen LogP contribution in [0.2, 0.25) is 0 Å². The summed E-state index contributed by atoms with van der Waals surface area (Å²) >= 11 is 0. The molecule has 0 radical (unpaired) electrons. The van der Waals surface area contributed by atoms with E-state index >= 15 is 0 Å². The van der Waals surface area contributed by atoms with Crippen LogP contribution >= 0.6 is 0 Å². The highest BCUT2D eigenvalue weighted by atomic mass is 16.5. The van der Waals surface area contributed by atoms with Crippen molar-refractivity contribution in [3.8, 4) is 0 Å². The molecule has 1 heterocycles. The van der Waals surface area contributed by atoms with Crippen LogP contribution in [0.25, 0.3) is 0 Å². The number of rotatable bonds is 4. The van der Waals surface area contributed by atoms with Crippen molar-refractivity contribution in [2.75, 3.05) is 6.61 Å². The Morgan fingerprint density at radius 1 is 1.36 bits per heavy atom. The summed E-state index contributed by atoms with van der Waals surface area (Å²) in [5, 5.41) is 11.7. The number of allylic oxidation sites excluding steroid dienone is 1. The topological polar surface area (TPSA) is 105 Å². The van der Waals surface area contributed by atoms with E-state index in [1.54, 1.807) is 26.0 Å². The van der Waals surface area contributed by atoms with Crippen molar-refractivity contribution in [3.63, 3.8) is 0 Å². The van der Waals surface area contributed by atoms with Crippen molar-refractivity contribution >= 4 is 12.0 Å². The Hall–Kier alpha value is -2.54. The van der Waals surface area contributed by atoms with Crippen LogP contribution in [-0.2, 0) is 9.53 Å². The first-order valence-electron chi connectivity index (χ1n) is 6.93. The highest BCUT2D eigenvalue weighted by Gasteiger charge is 2.43. The summed E-state index contributed by atoms with van der Waals surface area (Å²) in [5.41, 5.74) is 8.89. The Bertz CT molecular complexity index is 600. The maximum Gasteiger partial charge on any atom is 0.336 e. The molecule has 0 saturated carbocycles. The molecule has 118 valence electrons. The zero-order valence-corrected chi connectivity index (χ0v) is 12.4. The zero-order valence-electron chi connectivity index (χ0n) is 12.4. The minimum absolute atomic E-state index is 0.219. The molecule has 2 rings (SSSR count). The van der Waals surface area contributed by atoms with Crippen LogP contribution in [0.1, 0.15) is 25.3 Å². The molecule has 0 aliphatic carbocycles. The first-order chi connectivity index (χ1) is 10.5. The van der Waals surface area contributed by atoms with Gasteiger partial charge in [0.25, 0.3) is 0 Å². The number of esters is 1. The summed E-state index contributed by atoms with van der Waals surface area (Å²) in [4.78, 5) is 23.4. The van der Waals surface area contributed by atoms with Crippen LogP contribution in [0.3, 0.4) is 0 Å². The van der Waals surface area contributed by atoms with Crippen LogP contribution in [0, 0.1) is 0 Å². The molecule has 7 heteroatoms. The number of ether oxygens (including phenoxy) is 1. The molecule has 0 fully saturated rings. The van der Waals surface area contributed by atoms with E-state index in [0.717, 1.165) is 5.56 Å². The monoisotopic (exact) mass is 305 g/mol. The van der Waals surface area contributed by atoms with E-state index in [9.17, 15) is 14.7 Å². The molecule has 0 saturated heterocycles. The van der Waals surface area contributed by atoms with Gasteiger partial charge in [-0.15, -0.1) is 0 Å². The van der Waals surface area contributed by atoms with Gasteiger partial charge in [-0.25, -0.2) is 15.0 Å². The predicted molar refractivity (Wildman–Crippen MR) is 79.1 cm³/mol. The van der Waals surface area contributed by atoms with E-state index in [0.29, 0.717) is 11.3 Å². The number of aliphatic hydroxyl groups excluding tert-OH is 1. The molecule has 1 aromatic carbocycles. The van der Waals surface area contributed by atoms with Gasteiger partial charge in [0.15, 0.2) is 6.23 Å². The molecule has 1 aliphatic heterocycles. The Morgan fingerprint density at radius 2 is 2.00 bits per heavy atom. The van der Waals surface area contributed by atoms with Crippen molar-refractivity contribution < 1.29 is 19.4 Å². The molecule has 1 aromatic rings. The average molecular weight is 305 g/mol. The molecule has 0 bridgehead atoms. The Balaban J connectivity index is 2.46. The number of nitrogens with zero attached hydrogens (tertiary/aromatic N) is 1. The molecule has 22 heavy (non-hydrogen) atoms. The lowest BCUT2D eigenvalue weighted by molar-refractivity contribution is -0.139. The summed E-state index contributed by atoms with van der Waals surface area (Å²) in [5.74, 6) is -1.16. The molecule has 0 aromatic heterocycles. The maximum atomic E-state index is 12.3. The quantitative estimate of drug-likeness (QED) is 0.714. The van der Waals surface area contributed by atoms with E-state index in [1.807, 2.05) is 18.2 Å². The number of hydrazine groups is 1. The van der Waals surface area contributed by atoms with E-state index in [-0.39, 0.29) is 6.61 Å². The molecule has 0 unspecified atom stereocenters. The summed E-state index contributed by atoms with van der Waals surface area (Å²) in [7, 11) is 0. The van der Waals surface area contributed by atoms with Gasteiger partial charge < -0.3 is 15.6 Å². The minimum atomic E-state index is -1.14. The van der Waals surface area contributed by atoms with Crippen LogP contribution in [0.5, 0.6) is 0 Å². The number of benzene rings is 1. The normalized spacial score (nSPS) is 21.0. The summed E-state index contributed by atoms with van der Waals surface area (Å²) in [6, 6.07) is 8.23. The molecule has 0 spiro atoms. The van der Waals surface area contributed by atoms with Crippen LogP contribution in [-0.4, -0.2) is 35.0 Å². The largest absolute Gasteiger partial charge is 0.463 e. The van der Waals surface area contributed by atoms with Gasteiger partial charge in [-0.2, -0.15) is 0 Å². The number of hydrogen-bond acceptors (Lipinski definition) is 5. The number of carbonyl (C=O) groups excluding carboxylic acids is 2. The lowest BCUT2D eigenvalue weighted by atomic mass is 9.91. The van der Waals surface area contributed by atoms with Crippen LogP contribution in [0.15, 0.2) is 41.6 Å². The standard InChI is InChI=1S/C15H19N3O4/c1-3-22-14(20)11-9(2)18(17-15(16)21)13(19)12(11)10-7-5-4-6-8-10/h4-8,12-13,19H,3H2,1-2H3,(H3,16,17,21)/t12-,13+/m1/s1. The Labute approximate surface area is 128 Å². The summed E-state index contributed by atoms with van der Waals surface area (Å²) in [6.07, 6.45) is -1.14. The number of primary amides is 1. The molecular weight excluding hydrogens is 286 g/mol. The van der Waals surface area contributed by atoms with Gasteiger partial charge in [0.2, 0.25) is 0 Å². The summed E-state index contributed by atoms with van der Waals surface area (Å²) < 4.78 is 5.07. The Kier molecular flexibility index (Phi) is 4.67. The van der Waals surface area contributed by atoms with Crippen molar-refractivity contribution in [2.24, 2.45) is 5.73 Å². The van der Waals surface area contributed by atoms with E-state index in [1.165, 1.54) is 5.01 Å². The third kappa shape index (κ3) is 2.89.